The summed E-state index contributed by atoms with van der Waals surface area (Å²) in [6, 6.07) is 4.92. The van der Waals surface area contributed by atoms with Gasteiger partial charge in [0.1, 0.15) is 0 Å². The van der Waals surface area contributed by atoms with Gasteiger partial charge in [0.25, 0.3) is 0 Å². The predicted octanol–water partition coefficient (Wildman–Crippen LogP) is 1.10. The number of hydrogen-bond acceptors (Lipinski definition) is 3. The van der Waals surface area contributed by atoms with Crippen molar-refractivity contribution in [3.63, 3.8) is 0 Å². The van der Waals surface area contributed by atoms with Crippen molar-refractivity contribution in [2.24, 2.45) is 0 Å². The van der Waals surface area contributed by atoms with Crippen LogP contribution < -0.4 is 14.4 Å². The van der Waals surface area contributed by atoms with Crippen molar-refractivity contribution in [1.29, 1.82) is 0 Å². The Hall–Kier alpha value is -1.57. The van der Waals surface area contributed by atoms with Crippen LogP contribution in [-0.2, 0) is 4.79 Å². The summed E-state index contributed by atoms with van der Waals surface area (Å²) < 4.78 is 0.770. The maximum absolute atomic E-state index is 12.1. The SMILES string of the molecule is CCC(=O)NNC(=O)c1ccc[c]([Sn]([CH3])([CH3])[CH3])c1C(=O)O. The van der Waals surface area contributed by atoms with E-state index in [2.05, 4.69) is 25.7 Å². The second-order valence-electron chi connectivity index (χ2n) is 5.64. The van der Waals surface area contributed by atoms with Gasteiger partial charge in [0.2, 0.25) is 0 Å². The molecule has 0 heterocycles. The molecule has 1 aromatic rings. The summed E-state index contributed by atoms with van der Waals surface area (Å²) >= 11 is -2.68. The molecule has 0 aromatic heterocycles. The Bertz CT molecular complexity index is 579. The van der Waals surface area contributed by atoms with Crippen LogP contribution in [0.2, 0.25) is 14.8 Å². The Labute approximate surface area is 127 Å². The molecule has 0 saturated carbocycles. The first-order valence-corrected chi connectivity index (χ1v) is 16.6. The Morgan fingerprint density at radius 1 is 1.14 bits per heavy atom. The number of rotatable bonds is 4. The summed E-state index contributed by atoms with van der Waals surface area (Å²) in [4.78, 5) is 41.1. The minimum absolute atomic E-state index is 0.0454. The molecule has 1 aromatic carbocycles. The fraction of sp³-hybridized carbons (Fsp3) is 0.357. The Morgan fingerprint density at radius 3 is 2.24 bits per heavy atom. The first-order valence-electron chi connectivity index (χ1n) is 6.64. The number of hydrazine groups is 1. The van der Waals surface area contributed by atoms with Crippen molar-refractivity contribution >= 4 is 39.7 Å². The monoisotopic (exact) mass is 400 g/mol. The van der Waals surface area contributed by atoms with Gasteiger partial charge in [-0.05, 0) is 0 Å². The maximum atomic E-state index is 12.1. The average molecular weight is 399 g/mol. The van der Waals surface area contributed by atoms with Gasteiger partial charge in [-0.15, -0.1) is 0 Å². The van der Waals surface area contributed by atoms with Gasteiger partial charge in [-0.25, -0.2) is 0 Å². The van der Waals surface area contributed by atoms with E-state index in [1.165, 1.54) is 6.07 Å². The number of aromatic carboxylic acids is 1. The zero-order valence-electron chi connectivity index (χ0n) is 12.6. The molecule has 0 fully saturated rings. The van der Waals surface area contributed by atoms with Gasteiger partial charge in [-0.1, -0.05) is 0 Å². The third kappa shape index (κ3) is 4.45. The zero-order valence-corrected chi connectivity index (χ0v) is 15.5. The fourth-order valence-electron chi connectivity index (χ4n) is 1.88. The summed E-state index contributed by atoms with van der Waals surface area (Å²) in [6.45, 7) is 1.65. The third-order valence-corrected chi connectivity index (χ3v) is 8.77. The summed E-state index contributed by atoms with van der Waals surface area (Å²) in [5.41, 5.74) is 4.60. The van der Waals surface area contributed by atoms with Crippen LogP contribution >= 0.6 is 0 Å². The molecule has 0 radical (unpaired) electrons. The quantitative estimate of drug-likeness (QED) is 0.522. The first-order chi connectivity index (χ1) is 9.68. The molecular weight excluding hydrogens is 379 g/mol. The zero-order chi connectivity index (χ0) is 16.2. The number of hydrogen-bond donors (Lipinski definition) is 3. The molecular formula is C14H20N2O4Sn. The van der Waals surface area contributed by atoms with E-state index in [-0.39, 0.29) is 23.5 Å². The first kappa shape index (κ1) is 17.5. The summed E-state index contributed by atoms with van der Waals surface area (Å²) in [6.07, 6.45) is 0.227. The molecule has 0 aliphatic rings. The molecule has 0 aliphatic carbocycles. The van der Waals surface area contributed by atoms with Gasteiger partial charge >= 0.3 is 128 Å². The molecule has 21 heavy (non-hydrogen) atoms. The predicted molar refractivity (Wildman–Crippen MR) is 82.3 cm³/mol. The molecule has 7 heteroatoms. The van der Waals surface area contributed by atoms with Crippen LogP contribution in [0.3, 0.4) is 0 Å². The third-order valence-electron chi connectivity index (χ3n) is 2.97. The molecule has 2 amide bonds. The van der Waals surface area contributed by atoms with E-state index in [0.29, 0.717) is 0 Å². The van der Waals surface area contributed by atoms with Gasteiger partial charge in [0.05, 0.1) is 0 Å². The van der Waals surface area contributed by atoms with Gasteiger partial charge < -0.3 is 0 Å². The standard InChI is InChI=1S/C11H11N2O4.3CH3.Sn/c1-2-9(14)12-13-10(15)7-5-3-4-6-8(7)11(16)17;;;;/h3-5H,2H2,1H3,(H,12,14)(H,13,15)(H,16,17);3*1H3;. The van der Waals surface area contributed by atoms with Crippen LogP contribution in [0.25, 0.3) is 0 Å². The van der Waals surface area contributed by atoms with Gasteiger partial charge in [0.15, 0.2) is 0 Å². The van der Waals surface area contributed by atoms with Crippen LogP contribution in [0.1, 0.15) is 34.1 Å². The molecule has 1 rings (SSSR count). The van der Waals surface area contributed by atoms with E-state index in [0.717, 1.165) is 3.58 Å². The van der Waals surface area contributed by atoms with Crippen LogP contribution in [0.15, 0.2) is 18.2 Å². The van der Waals surface area contributed by atoms with E-state index < -0.39 is 30.3 Å². The van der Waals surface area contributed by atoms with E-state index in [1.807, 2.05) is 0 Å². The van der Waals surface area contributed by atoms with Crippen molar-refractivity contribution < 1.29 is 19.5 Å². The number of carboxylic acid groups (broad SMARTS) is 1. The van der Waals surface area contributed by atoms with Gasteiger partial charge in [0, 0.05) is 0 Å². The number of carboxylic acids is 1. The molecule has 0 atom stereocenters. The fourth-order valence-corrected chi connectivity index (χ4v) is 6.41. The summed E-state index contributed by atoms with van der Waals surface area (Å²) in [5.74, 6) is -2.08. The van der Waals surface area contributed by atoms with Crippen LogP contribution in [0.4, 0.5) is 0 Å². The molecule has 0 saturated heterocycles. The molecule has 0 bridgehead atoms. The van der Waals surface area contributed by atoms with Gasteiger partial charge in [-0.3, -0.25) is 0 Å². The molecule has 3 N–H and O–H groups in total. The molecule has 0 aliphatic heterocycles. The molecule has 114 valence electrons. The number of carbonyl (C=O) groups excluding carboxylic acids is 2. The Kier molecular flexibility index (Phi) is 5.77. The van der Waals surface area contributed by atoms with Crippen molar-refractivity contribution in [2.75, 3.05) is 0 Å². The number of nitrogens with one attached hydrogen (secondary N) is 2. The molecule has 0 spiro atoms. The number of benzene rings is 1. The normalized spacial score (nSPS) is 10.9. The van der Waals surface area contributed by atoms with E-state index >= 15 is 0 Å². The van der Waals surface area contributed by atoms with Crippen LogP contribution in [0.5, 0.6) is 0 Å². The topological polar surface area (TPSA) is 95.5 Å². The van der Waals surface area contributed by atoms with E-state index in [1.54, 1.807) is 19.1 Å². The average Bonchev–Trinajstić information content (AvgIpc) is 2.42. The second kappa shape index (κ2) is 6.93. The van der Waals surface area contributed by atoms with Crippen LogP contribution in [-0.4, -0.2) is 41.3 Å². The number of carbonyl (C=O) groups is 3. The molecule has 0 unspecified atom stereocenters. The summed E-state index contributed by atoms with van der Waals surface area (Å²) in [5, 5.41) is 9.45. The van der Waals surface area contributed by atoms with E-state index in [9.17, 15) is 19.5 Å². The van der Waals surface area contributed by atoms with Crippen molar-refractivity contribution in [1.82, 2.24) is 10.9 Å². The van der Waals surface area contributed by atoms with Gasteiger partial charge in [-0.2, -0.15) is 0 Å². The van der Waals surface area contributed by atoms with Crippen molar-refractivity contribution in [3.8, 4) is 0 Å². The Balaban J connectivity index is 3.21. The molecule has 6 nitrogen and oxygen atoms in total. The Morgan fingerprint density at radius 2 is 1.76 bits per heavy atom. The number of amides is 2. The van der Waals surface area contributed by atoms with Crippen molar-refractivity contribution in [2.45, 2.75) is 28.2 Å². The second-order valence-corrected chi connectivity index (χ2v) is 20.0. The van der Waals surface area contributed by atoms with Crippen molar-refractivity contribution in [3.05, 3.63) is 29.3 Å². The van der Waals surface area contributed by atoms with E-state index in [4.69, 9.17) is 0 Å². The summed E-state index contributed by atoms with van der Waals surface area (Å²) in [7, 11) is 0. The van der Waals surface area contributed by atoms with Crippen LogP contribution in [0, 0.1) is 0 Å². The minimum atomic E-state index is -2.68.